The van der Waals surface area contributed by atoms with E-state index in [-0.39, 0.29) is 112 Å². The molecule has 105 heavy (non-hydrogen) atoms. The molecule has 6 N–H and O–H groups in total. The number of aliphatic hydroxyl groups is 1. The number of carboxylic acid groups (broad SMARTS) is 5. The summed E-state index contributed by atoms with van der Waals surface area (Å²) in [6, 6.07) is 45.3. The highest BCUT2D eigenvalue weighted by Gasteiger charge is 2.27. The molecule has 0 amide bonds. The Labute approximate surface area is 610 Å². The molecule has 5 aromatic carbocycles. The van der Waals surface area contributed by atoms with Crippen LogP contribution < -0.4 is 23.7 Å². The van der Waals surface area contributed by atoms with E-state index in [0.717, 1.165) is 0 Å². The molecule has 10 atom stereocenters. The molecule has 31 nitrogen and oxygen atoms in total. The number of carboxylic acids is 5. The van der Waals surface area contributed by atoms with Crippen molar-refractivity contribution in [3.8, 4) is 28.7 Å². The van der Waals surface area contributed by atoms with Crippen molar-refractivity contribution in [1.82, 2.24) is 0 Å². The smallest absolute Gasteiger partial charge is 0.329 e. The number of aliphatic hydroxyl groups excluding tert-OH is 1. The Balaban J connectivity index is 1.34. The minimum atomic E-state index is -1.31. The van der Waals surface area contributed by atoms with Crippen molar-refractivity contribution in [1.29, 1.82) is 0 Å². The van der Waals surface area contributed by atoms with Gasteiger partial charge in [-0.2, -0.15) is 0 Å². The van der Waals surface area contributed by atoms with Crippen LogP contribution in [0, 0.1) is 0 Å². The fraction of sp³-hybridized carbons (Fsp3) is 0.527. The topological polar surface area (TPSA) is 391 Å². The van der Waals surface area contributed by atoms with E-state index in [2.05, 4.69) is 0 Å². The van der Waals surface area contributed by atoms with Crippen molar-refractivity contribution in [3.63, 3.8) is 0 Å². The monoisotopic (exact) mass is 1480 g/mol. The van der Waals surface area contributed by atoms with E-state index in [9.17, 15) is 49.5 Å². The van der Waals surface area contributed by atoms with E-state index in [1.807, 2.05) is 78.9 Å². The molecule has 0 aliphatic rings. The Kier molecular flexibility index (Phi) is 43.9. The van der Waals surface area contributed by atoms with Crippen molar-refractivity contribution < 1.29 is 149 Å². The molecule has 582 valence electrons. The molecule has 0 bridgehead atoms. The first-order valence-corrected chi connectivity index (χ1v) is 33.9. The Morgan fingerprint density at radius 1 is 0.257 bits per heavy atom. The number of aliphatic carboxylic acids is 5. The van der Waals surface area contributed by atoms with Gasteiger partial charge in [-0.3, -0.25) is 0 Å². The maximum atomic E-state index is 11.8. The zero-order valence-electron chi connectivity index (χ0n) is 59.3. The number of ether oxygens (including phenoxy) is 20. The molecule has 0 saturated carbocycles. The van der Waals surface area contributed by atoms with Gasteiger partial charge in [-0.15, -0.1) is 0 Å². The lowest BCUT2D eigenvalue weighted by atomic mass is 10.2. The summed E-state index contributed by atoms with van der Waals surface area (Å²) in [5, 5.41) is 58.0. The maximum absolute atomic E-state index is 11.8. The summed E-state index contributed by atoms with van der Waals surface area (Å²) < 4.78 is 120. The molecule has 0 fully saturated rings. The van der Waals surface area contributed by atoms with Crippen LogP contribution in [0.5, 0.6) is 28.7 Å². The lowest BCUT2D eigenvalue weighted by Gasteiger charge is -2.28. The molecule has 0 aromatic heterocycles. The minimum Gasteiger partial charge on any atom is -0.491 e. The molecular formula is C74H100O31. The number of benzene rings is 5. The average molecular weight is 1490 g/mol. The molecule has 31 heteroatoms. The van der Waals surface area contributed by atoms with Gasteiger partial charge in [0.1, 0.15) is 156 Å². The van der Waals surface area contributed by atoms with Gasteiger partial charge < -0.3 is 125 Å². The van der Waals surface area contributed by atoms with E-state index in [1.165, 1.54) is 0 Å². The maximum Gasteiger partial charge on any atom is 0.329 e. The molecule has 0 spiro atoms. The molecule has 0 saturated heterocycles. The molecular weight excluding hydrogens is 1380 g/mol. The second-order valence-electron chi connectivity index (χ2n) is 24.3. The molecule has 0 heterocycles. The number of carbonyl (C=O) groups is 5. The lowest BCUT2D eigenvalue weighted by Crippen LogP contribution is -2.40. The first-order chi connectivity index (χ1) is 50.7. The highest BCUT2D eigenvalue weighted by Crippen LogP contribution is 2.19. The fourth-order valence-electron chi connectivity index (χ4n) is 8.81. The molecule has 0 radical (unpaired) electrons. The van der Waals surface area contributed by atoms with Crippen molar-refractivity contribution in [2.24, 2.45) is 0 Å². The van der Waals surface area contributed by atoms with Gasteiger partial charge >= 0.3 is 29.8 Å². The zero-order valence-corrected chi connectivity index (χ0v) is 59.3. The fourth-order valence-corrected chi connectivity index (χ4v) is 8.81. The predicted molar refractivity (Wildman–Crippen MR) is 371 cm³/mol. The first-order valence-electron chi connectivity index (χ1n) is 33.9. The number of hydrogen-bond acceptors (Lipinski definition) is 26. The van der Waals surface area contributed by atoms with Crippen molar-refractivity contribution in [2.45, 2.75) is 87.4 Å². The summed E-state index contributed by atoms with van der Waals surface area (Å²) >= 11 is 0. The van der Waals surface area contributed by atoms with Crippen LogP contribution in [-0.2, 0) is 95.0 Å². The molecule has 0 aliphatic carbocycles. The van der Waals surface area contributed by atoms with Gasteiger partial charge in [0.25, 0.3) is 0 Å². The minimum absolute atomic E-state index is 0.0113. The summed E-state index contributed by atoms with van der Waals surface area (Å²) in [4.78, 5) is 57.7. The number of para-hydroxylation sites is 5. The molecule has 5 rings (SSSR count). The summed E-state index contributed by atoms with van der Waals surface area (Å²) in [5.74, 6) is -3.61. The van der Waals surface area contributed by atoms with Crippen LogP contribution in [0.4, 0.5) is 0 Å². The molecule has 5 aromatic rings. The quantitative estimate of drug-likeness (QED) is 0.0278. The third-order valence-corrected chi connectivity index (χ3v) is 13.9. The predicted octanol–water partition coefficient (Wildman–Crippen LogP) is 5.53. The highest BCUT2D eigenvalue weighted by molar-refractivity contribution is 5.69. The third-order valence-electron chi connectivity index (χ3n) is 13.9. The van der Waals surface area contributed by atoms with Crippen LogP contribution in [-0.4, -0.2) is 292 Å². The number of rotatable bonds is 64. The highest BCUT2D eigenvalue weighted by atomic mass is 16.6. The van der Waals surface area contributed by atoms with E-state index in [0.29, 0.717) is 28.7 Å². The summed E-state index contributed by atoms with van der Waals surface area (Å²) in [6.45, 7) is -2.04. The van der Waals surface area contributed by atoms with Gasteiger partial charge in [0.2, 0.25) is 0 Å². The van der Waals surface area contributed by atoms with Gasteiger partial charge in [-0.1, -0.05) is 91.0 Å². The second-order valence-corrected chi connectivity index (χ2v) is 24.3. The summed E-state index contributed by atoms with van der Waals surface area (Å²) in [6.07, 6.45) is -9.34. The van der Waals surface area contributed by atoms with E-state index in [4.69, 9.17) is 99.8 Å². The Hall–Kier alpha value is -8.19. The Bertz CT molecular complexity index is 3060. The molecule has 10 unspecified atom stereocenters. The summed E-state index contributed by atoms with van der Waals surface area (Å²) in [5.41, 5.74) is -0.627. The van der Waals surface area contributed by atoms with Gasteiger partial charge in [0.05, 0.1) is 105 Å². The Morgan fingerprint density at radius 2 is 0.438 bits per heavy atom. The summed E-state index contributed by atoms with van der Waals surface area (Å²) in [7, 11) is 0. The van der Waals surface area contributed by atoms with Gasteiger partial charge in [0, 0.05) is 0 Å². The third kappa shape index (κ3) is 44.4. The normalized spacial score (nSPS) is 14.5. The van der Waals surface area contributed by atoms with Crippen molar-refractivity contribution in [2.75, 3.05) is 165 Å². The van der Waals surface area contributed by atoms with Crippen LogP contribution >= 0.6 is 0 Å². The van der Waals surface area contributed by atoms with Crippen molar-refractivity contribution >= 4 is 29.8 Å². The number of hydrogen-bond donors (Lipinski definition) is 6. The average Bonchev–Trinajstić information content (AvgIpc) is 0.960. The zero-order chi connectivity index (χ0) is 75.5. The van der Waals surface area contributed by atoms with Crippen LogP contribution in [0.2, 0.25) is 0 Å². The Morgan fingerprint density at radius 3 is 0.638 bits per heavy atom. The van der Waals surface area contributed by atoms with Crippen molar-refractivity contribution in [3.05, 3.63) is 152 Å². The SMILES string of the molecule is CC(C)(C)OCC(COCC(=O)O)OCC(COCC(=O)O)OCC(COCC(=O)O)OCC(COCC(=O)O)OCC(COCC(=O)O)OCC(COc1ccccc1)OCC(COc1ccccc1)OCC(COc1ccccc1)OCC(COc1ccccc1)OCC(O)COc1ccccc1. The van der Waals surface area contributed by atoms with Gasteiger partial charge in [0.15, 0.2) is 0 Å². The van der Waals surface area contributed by atoms with Gasteiger partial charge in [-0.25, -0.2) is 24.0 Å². The standard InChI is InChI=1S/C74H100O31/c1-74(2,3)105-48-64(35-90-53-73(84)85)101-39-63(34-89-52-72(82)83)99-37-61(32-87-50-70(78)79)97-36-60(31-86-49-69(76)77)98-38-62(33-88-51-71(80)81)100-45-66(41-94-57-23-13-6-14-24-57)103-47-68(43-96-59-27-17-8-18-28-59)104-46-67(42-95-58-25-15-7-16-26-58)102-44-65(40-93-56-21-11-5-12-22-56)92-30-54(75)29-91-55-19-9-4-10-20-55/h4-28,54,60-68,75H,29-53H2,1-3H3,(H,76,77)(H,78,79)(H,80,81)(H,82,83)(H,84,85). The van der Waals surface area contributed by atoms with E-state index >= 15 is 0 Å². The van der Waals surface area contributed by atoms with Crippen LogP contribution in [0.15, 0.2) is 152 Å². The van der Waals surface area contributed by atoms with E-state index in [1.54, 1.807) is 93.6 Å². The van der Waals surface area contributed by atoms with E-state index < -0.39 is 149 Å². The van der Waals surface area contributed by atoms with Crippen LogP contribution in [0.1, 0.15) is 20.8 Å². The largest absolute Gasteiger partial charge is 0.491 e. The van der Waals surface area contributed by atoms with Gasteiger partial charge in [-0.05, 0) is 81.4 Å². The van der Waals surface area contributed by atoms with Crippen LogP contribution in [0.25, 0.3) is 0 Å². The second kappa shape index (κ2) is 52.7. The lowest BCUT2D eigenvalue weighted by molar-refractivity contribution is -0.166. The van der Waals surface area contributed by atoms with Crippen LogP contribution in [0.3, 0.4) is 0 Å². The molecule has 0 aliphatic heterocycles. The first kappa shape index (κ1) is 87.4.